The van der Waals surface area contributed by atoms with Crippen molar-refractivity contribution in [2.75, 3.05) is 11.9 Å². The molecule has 1 heterocycles. The second kappa shape index (κ2) is 7.84. The van der Waals surface area contributed by atoms with Crippen LogP contribution in [0.4, 0.5) is 5.69 Å². The summed E-state index contributed by atoms with van der Waals surface area (Å²) in [4.78, 5) is 24.8. The van der Waals surface area contributed by atoms with E-state index in [9.17, 15) is 9.59 Å². The van der Waals surface area contributed by atoms with Gasteiger partial charge in [-0.05, 0) is 42.3 Å². The number of halogens is 1. The summed E-state index contributed by atoms with van der Waals surface area (Å²) in [5.74, 6) is 0.00472. The zero-order valence-electron chi connectivity index (χ0n) is 15.5. The number of aromatic nitrogens is 1. The molecule has 140 valence electrons. The van der Waals surface area contributed by atoms with E-state index in [0.717, 1.165) is 10.9 Å². The molecule has 2 amide bonds. The predicted molar refractivity (Wildman–Crippen MR) is 109 cm³/mol. The van der Waals surface area contributed by atoms with Crippen LogP contribution in [-0.2, 0) is 7.05 Å². The molecule has 0 saturated carbocycles. The summed E-state index contributed by atoms with van der Waals surface area (Å²) >= 11 is 6.08. The molecule has 5 nitrogen and oxygen atoms in total. The number of nitrogens with zero attached hydrogens (tertiary/aromatic N) is 1. The third-order valence-electron chi connectivity index (χ3n) is 4.32. The third kappa shape index (κ3) is 4.14. The Morgan fingerprint density at radius 2 is 1.81 bits per heavy atom. The van der Waals surface area contributed by atoms with Crippen LogP contribution in [0.2, 0.25) is 5.02 Å². The number of hydrogen-bond acceptors (Lipinski definition) is 2. The van der Waals surface area contributed by atoms with Crippen molar-refractivity contribution >= 4 is 40.0 Å². The van der Waals surface area contributed by atoms with Gasteiger partial charge in [-0.1, -0.05) is 37.6 Å². The van der Waals surface area contributed by atoms with Gasteiger partial charge >= 0.3 is 0 Å². The van der Waals surface area contributed by atoms with Gasteiger partial charge in [0.15, 0.2) is 0 Å². The fraction of sp³-hybridized carbons (Fsp3) is 0.238. The predicted octanol–water partition coefficient (Wildman–Crippen LogP) is 4.47. The monoisotopic (exact) mass is 383 g/mol. The number of amides is 2. The Balaban J connectivity index is 1.84. The van der Waals surface area contributed by atoms with E-state index < -0.39 is 0 Å². The van der Waals surface area contributed by atoms with Crippen molar-refractivity contribution in [3.63, 3.8) is 0 Å². The number of rotatable bonds is 5. The summed E-state index contributed by atoms with van der Waals surface area (Å²) in [6, 6.07) is 14.3. The highest BCUT2D eigenvalue weighted by molar-refractivity contribution is 6.34. The van der Waals surface area contributed by atoms with E-state index in [1.54, 1.807) is 24.3 Å². The minimum absolute atomic E-state index is 0.107. The molecule has 0 radical (unpaired) electrons. The summed E-state index contributed by atoms with van der Waals surface area (Å²) in [5.41, 5.74) is 2.56. The maximum Gasteiger partial charge on any atom is 0.267 e. The molecule has 0 unspecified atom stereocenters. The Hall–Kier alpha value is -2.79. The fourth-order valence-corrected chi connectivity index (χ4v) is 3.10. The van der Waals surface area contributed by atoms with Crippen molar-refractivity contribution in [2.24, 2.45) is 13.0 Å². The Bertz CT molecular complexity index is 1010. The zero-order chi connectivity index (χ0) is 19.6. The van der Waals surface area contributed by atoms with Crippen LogP contribution >= 0.6 is 11.6 Å². The topological polar surface area (TPSA) is 63.1 Å². The summed E-state index contributed by atoms with van der Waals surface area (Å²) in [7, 11) is 1.86. The van der Waals surface area contributed by atoms with Crippen molar-refractivity contribution < 1.29 is 9.59 Å². The van der Waals surface area contributed by atoms with Gasteiger partial charge in [-0.2, -0.15) is 0 Å². The molecular formula is C21H22ClN3O2. The van der Waals surface area contributed by atoms with E-state index in [1.807, 2.05) is 35.9 Å². The van der Waals surface area contributed by atoms with Gasteiger partial charge in [-0.3, -0.25) is 9.59 Å². The Morgan fingerprint density at radius 3 is 2.52 bits per heavy atom. The first-order chi connectivity index (χ1) is 12.9. The van der Waals surface area contributed by atoms with E-state index in [1.165, 1.54) is 0 Å². The quantitative estimate of drug-likeness (QED) is 0.682. The molecule has 0 atom stereocenters. The molecule has 0 fully saturated rings. The van der Waals surface area contributed by atoms with Crippen molar-refractivity contribution in [1.82, 2.24) is 9.88 Å². The van der Waals surface area contributed by atoms with E-state index in [2.05, 4.69) is 24.5 Å². The molecule has 0 spiro atoms. The first-order valence-corrected chi connectivity index (χ1v) is 9.18. The molecule has 2 aromatic carbocycles. The van der Waals surface area contributed by atoms with Crippen LogP contribution in [0.1, 0.15) is 34.7 Å². The van der Waals surface area contributed by atoms with Gasteiger partial charge in [0.1, 0.15) is 5.69 Å². The maximum atomic E-state index is 12.4. The van der Waals surface area contributed by atoms with Crippen molar-refractivity contribution in [1.29, 1.82) is 0 Å². The number of aryl methyl sites for hydroxylation is 1. The SMILES string of the molecule is CC(C)CNC(=O)c1cc2cc(NC(=O)c3ccccc3Cl)ccc2n1C. The summed E-state index contributed by atoms with van der Waals surface area (Å²) < 4.78 is 1.85. The third-order valence-corrected chi connectivity index (χ3v) is 4.65. The summed E-state index contributed by atoms with van der Waals surface area (Å²) in [6.07, 6.45) is 0. The number of fused-ring (bicyclic) bond motifs is 1. The van der Waals surface area contributed by atoms with Gasteiger partial charge in [-0.15, -0.1) is 0 Å². The lowest BCUT2D eigenvalue weighted by molar-refractivity contribution is 0.0940. The maximum absolute atomic E-state index is 12.4. The molecule has 3 aromatic rings. The summed E-state index contributed by atoms with van der Waals surface area (Å²) in [5, 5.41) is 7.07. The number of carbonyl (C=O) groups excluding carboxylic acids is 2. The van der Waals surface area contributed by atoms with Gasteiger partial charge in [0.2, 0.25) is 0 Å². The number of carbonyl (C=O) groups is 2. The van der Waals surface area contributed by atoms with Crippen molar-refractivity contribution in [3.8, 4) is 0 Å². The molecule has 1 aromatic heterocycles. The van der Waals surface area contributed by atoms with E-state index in [0.29, 0.717) is 34.4 Å². The highest BCUT2D eigenvalue weighted by Crippen LogP contribution is 2.24. The van der Waals surface area contributed by atoms with Crippen molar-refractivity contribution in [2.45, 2.75) is 13.8 Å². The normalized spacial score (nSPS) is 11.0. The van der Waals surface area contributed by atoms with Crippen molar-refractivity contribution in [3.05, 3.63) is 64.8 Å². The lowest BCUT2D eigenvalue weighted by Gasteiger charge is -2.08. The number of nitrogens with one attached hydrogen (secondary N) is 2. The van der Waals surface area contributed by atoms with Gasteiger partial charge in [0, 0.05) is 30.2 Å². The highest BCUT2D eigenvalue weighted by atomic mass is 35.5. The average Bonchev–Trinajstić information content (AvgIpc) is 2.96. The smallest absolute Gasteiger partial charge is 0.267 e. The minimum Gasteiger partial charge on any atom is -0.351 e. The number of hydrogen-bond donors (Lipinski definition) is 2. The largest absolute Gasteiger partial charge is 0.351 e. The highest BCUT2D eigenvalue weighted by Gasteiger charge is 2.15. The first-order valence-electron chi connectivity index (χ1n) is 8.80. The minimum atomic E-state index is -0.272. The fourth-order valence-electron chi connectivity index (χ4n) is 2.88. The standard InChI is InChI=1S/C21H22ClN3O2/c1-13(2)12-23-21(27)19-11-14-10-15(8-9-18(14)25(19)3)24-20(26)16-6-4-5-7-17(16)22/h4-11,13H,12H2,1-3H3,(H,23,27)(H,24,26). The van der Waals surface area contributed by atoms with Crippen LogP contribution in [0.25, 0.3) is 10.9 Å². The average molecular weight is 384 g/mol. The zero-order valence-corrected chi connectivity index (χ0v) is 16.3. The van der Waals surface area contributed by atoms with Gasteiger partial charge in [-0.25, -0.2) is 0 Å². The molecule has 3 rings (SSSR count). The Morgan fingerprint density at radius 1 is 1.07 bits per heavy atom. The van der Waals surface area contributed by atoms with Crippen LogP contribution in [0.15, 0.2) is 48.5 Å². The molecule has 0 bridgehead atoms. The number of benzene rings is 2. The molecular weight excluding hydrogens is 362 g/mol. The van der Waals surface area contributed by atoms with Gasteiger partial charge in [0.25, 0.3) is 11.8 Å². The summed E-state index contributed by atoms with van der Waals surface area (Å²) in [6.45, 7) is 4.73. The molecule has 2 N–H and O–H groups in total. The molecule has 0 aliphatic heterocycles. The Kier molecular flexibility index (Phi) is 5.51. The lowest BCUT2D eigenvalue weighted by atomic mass is 10.2. The second-order valence-electron chi connectivity index (χ2n) is 6.90. The van der Waals surface area contributed by atoms with Crippen LogP contribution in [-0.4, -0.2) is 22.9 Å². The van der Waals surface area contributed by atoms with Gasteiger partial charge < -0.3 is 15.2 Å². The number of anilines is 1. The molecule has 27 heavy (non-hydrogen) atoms. The molecule has 0 aliphatic carbocycles. The van der Waals surface area contributed by atoms with E-state index >= 15 is 0 Å². The van der Waals surface area contributed by atoms with Crippen LogP contribution in [0.3, 0.4) is 0 Å². The van der Waals surface area contributed by atoms with Crippen LogP contribution in [0, 0.1) is 5.92 Å². The second-order valence-corrected chi connectivity index (χ2v) is 7.31. The Labute approximate surface area is 163 Å². The van der Waals surface area contributed by atoms with Crippen LogP contribution < -0.4 is 10.6 Å². The van der Waals surface area contributed by atoms with Gasteiger partial charge in [0.05, 0.1) is 10.6 Å². The molecule has 6 heteroatoms. The molecule has 0 saturated heterocycles. The first kappa shape index (κ1) is 19.0. The molecule has 0 aliphatic rings. The lowest BCUT2D eigenvalue weighted by Crippen LogP contribution is -2.28. The van der Waals surface area contributed by atoms with E-state index in [4.69, 9.17) is 11.6 Å². The van der Waals surface area contributed by atoms with E-state index in [-0.39, 0.29) is 11.8 Å². The van der Waals surface area contributed by atoms with Crippen LogP contribution in [0.5, 0.6) is 0 Å².